The summed E-state index contributed by atoms with van der Waals surface area (Å²) >= 11 is 1.07. The molecule has 0 amide bonds. The molecule has 7 heteroatoms. The van der Waals surface area contributed by atoms with Gasteiger partial charge in [-0.2, -0.15) is 0 Å². The highest BCUT2D eigenvalue weighted by Gasteiger charge is 2.21. The maximum atomic E-state index is 11.1. The minimum Gasteiger partial charge on any atom is -0.469 e. The zero-order valence-electron chi connectivity index (χ0n) is 11.3. The second kappa shape index (κ2) is 6.66. The summed E-state index contributed by atoms with van der Waals surface area (Å²) in [5.41, 5.74) is 1.97. The van der Waals surface area contributed by atoms with Crippen LogP contribution in [0, 0.1) is 0 Å². The van der Waals surface area contributed by atoms with Crippen LogP contribution in [-0.2, 0) is 9.53 Å². The highest BCUT2D eigenvalue weighted by molar-refractivity contribution is 7.07. The standard InChI is InChI=1S/C14H15NO5S/c1-20-12(17)6-11(16)13(18)9-4-2-8(3-5-9)10-7-21-14(19)15-10/h2-5,7,11,13,16,18H,6H2,1H3,(H,15,19). The third kappa shape index (κ3) is 3.78. The number of nitrogens with one attached hydrogen (secondary N) is 1. The number of methoxy groups -OCH3 is 1. The lowest BCUT2D eigenvalue weighted by Crippen LogP contribution is -2.22. The Bertz CT molecular complexity index is 661. The first-order valence-corrected chi connectivity index (χ1v) is 7.10. The summed E-state index contributed by atoms with van der Waals surface area (Å²) in [6.07, 6.45) is -2.69. The highest BCUT2D eigenvalue weighted by Crippen LogP contribution is 2.23. The van der Waals surface area contributed by atoms with Gasteiger partial charge in [0, 0.05) is 5.38 Å². The van der Waals surface area contributed by atoms with Crippen molar-refractivity contribution < 1.29 is 19.7 Å². The number of aliphatic hydroxyl groups excluding tert-OH is 2. The molecule has 2 aromatic rings. The van der Waals surface area contributed by atoms with Crippen LogP contribution in [0.25, 0.3) is 11.3 Å². The van der Waals surface area contributed by atoms with Crippen LogP contribution < -0.4 is 4.87 Å². The molecule has 2 atom stereocenters. The summed E-state index contributed by atoms with van der Waals surface area (Å²) in [7, 11) is 1.22. The molecule has 0 saturated carbocycles. The molecular formula is C14H15NO5S. The number of aliphatic hydroxyl groups is 2. The average molecular weight is 309 g/mol. The number of carbonyl (C=O) groups is 1. The van der Waals surface area contributed by atoms with Crippen LogP contribution in [0.15, 0.2) is 34.4 Å². The average Bonchev–Trinajstić information content (AvgIpc) is 2.93. The van der Waals surface area contributed by atoms with Crippen molar-refractivity contribution >= 4 is 17.3 Å². The number of hydrogen-bond acceptors (Lipinski definition) is 6. The first-order valence-electron chi connectivity index (χ1n) is 6.22. The van der Waals surface area contributed by atoms with Crippen LogP contribution in [0.4, 0.5) is 0 Å². The Morgan fingerprint density at radius 2 is 2.00 bits per heavy atom. The van der Waals surface area contributed by atoms with Gasteiger partial charge in [0.1, 0.15) is 6.10 Å². The van der Waals surface area contributed by atoms with Crippen LogP contribution >= 0.6 is 11.3 Å². The minimum atomic E-state index is -1.23. The summed E-state index contributed by atoms with van der Waals surface area (Å²) in [6.45, 7) is 0. The molecule has 0 saturated heterocycles. The molecule has 0 aliphatic rings. The van der Waals surface area contributed by atoms with Crippen molar-refractivity contribution in [1.29, 1.82) is 0 Å². The van der Waals surface area contributed by atoms with E-state index in [9.17, 15) is 19.8 Å². The molecule has 0 radical (unpaired) electrons. The van der Waals surface area contributed by atoms with E-state index in [0.717, 1.165) is 16.9 Å². The number of aromatic nitrogens is 1. The number of benzene rings is 1. The SMILES string of the molecule is COC(=O)CC(O)C(O)c1ccc(-c2csc(=O)[nH]2)cc1. The molecular weight excluding hydrogens is 294 g/mol. The van der Waals surface area contributed by atoms with Crippen molar-refractivity contribution in [3.05, 3.63) is 44.9 Å². The summed E-state index contributed by atoms with van der Waals surface area (Å²) in [4.78, 5) is 24.7. The van der Waals surface area contributed by atoms with Crippen LogP contribution in [-0.4, -0.2) is 34.4 Å². The van der Waals surface area contributed by atoms with E-state index in [-0.39, 0.29) is 11.3 Å². The smallest absolute Gasteiger partial charge is 0.308 e. The van der Waals surface area contributed by atoms with E-state index >= 15 is 0 Å². The lowest BCUT2D eigenvalue weighted by molar-refractivity contribution is -0.144. The molecule has 1 aromatic carbocycles. The molecule has 3 N–H and O–H groups in total. The lowest BCUT2D eigenvalue weighted by atomic mass is 10.0. The predicted octanol–water partition coefficient (Wildman–Crippen LogP) is 1.06. The van der Waals surface area contributed by atoms with Gasteiger partial charge in [-0.05, 0) is 11.1 Å². The van der Waals surface area contributed by atoms with Gasteiger partial charge in [-0.3, -0.25) is 9.59 Å². The first-order chi connectivity index (χ1) is 10.0. The van der Waals surface area contributed by atoms with E-state index in [1.54, 1.807) is 29.6 Å². The molecule has 6 nitrogen and oxygen atoms in total. The third-order valence-corrected chi connectivity index (χ3v) is 3.72. The number of H-pyrrole nitrogens is 1. The molecule has 2 unspecified atom stereocenters. The summed E-state index contributed by atoms with van der Waals surface area (Å²) < 4.78 is 4.44. The Balaban J connectivity index is 2.11. The minimum absolute atomic E-state index is 0.136. The van der Waals surface area contributed by atoms with Gasteiger partial charge in [-0.1, -0.05) is 35.6 Å². The maximum Gasteiger partial charge on any atom is 0.308 e. The Labute approximate surface area is 124 Å². The van der Waals surface area contributed by atoms with Gasteiger partial charge in [0.25, 0.3) is 0 Å². The van der Waals surface area contributed by atoms with Gasteiger partial charge >= 0.3 is 10.8 Å². The van der Waals surface area contributed by atoms with Gasteiger partial charge < -0.3 is 19.9 Å². The lowest BCUT2D eigenvalue weighted by Gasteiger charge is -2.17. The Hall–Kier alpha value is -1.96. The van der Waals surface area contributed by atoms with Crippen LogP contribution in [0.3, 0.4) is 0 Å². The molecule has 112 valence electrons. The number of carbonyl (C=O) groups excluding carboxylic acids is 1. The fraction of sp³-hybridized carbons (Fsp3) is 0.286. The predicted molar refractivity (Wildman–Crippen MR) is 78.0 cm³/mol. The second-order valence-electron chi connectivity index (χ2n) is 4.48. The number of hydrogen-bond donors (Lipinski definition) is 3. The molecule has 0 bridgehead atoms. The van der Waals surface area contributed by atoms with E-state index in [2.05, 4.69) is 9.72 Å². The van der Waals surface area contributed by atoms with E-state index in [1.165, 1.54) is 7.11 Å². The quantitative estimate of drug-likeness (QED) is 0.717. The van der Waals surface area contributed by atoms with Gasteiger partial charge in [0.05, 0.1) is 25.3 Å². The largest absolute Gasteiger partial charge is 0.469 e. The van der Waals surface area contributed by atoms with Gasteiger partial charge in [-0.25, -0.2) is 0 Å². The molecule has 0 fully saturated rings. The summed E-state index contributed by atoms with van der Waals surface area (Å²) in [5.74, 6) is -0.589. The zero-order chi connectivity index (χ0) is 15.4. The first kappa shape index (κ1) is 15.4. The van der Waals surface area contributed by atoms with E-state index in [4.69, 9.17) is 0 Å². The van der Waals surface area contributed by atoms with E-state index in [0.29, 0.717) is 11.3 Å². The highest BCUT2D eigenvalue weighted by atomic mass is 32.1. The van der Waals surface area contributed by atoms with E-state index in [1.807, 2.05) is 0 Å². The maximum absolute atomic E-state index is 11.1. The van der Waals surface area contributed by atoms with Crippen molar-refractivity contribution in [1.82, 2.24) is 4.98 Å². The van der Waals surface area contributed by atoms with Crippen LogP contribution in [0.2, 0.25) is 0 Å². The third-order valence-electron chi connectivity index (χ3n) is 3.05. The molecule has 1 aromatic heterocycles. The molecule has 1 heterocycles. The number of rotatable bonds is 5. The Kier molecular flexibility index (Phi) is 4.89. The van der Waals surface area contributed by atoms with Crippen molar-refractivity contribution in [3.8, 4) is 11.3 Å². The van der Waals surface area contributed by atoms with E-state index < -0.39 is 18.2 Å². The fourth-order valence-corrected chi connectivity index (χ4v) is 2.46. The fourth-order valence-electron chi connectivity index (χ4n) is 1.87. The molecule has 0 spiro atoms. The van der Waals surface area contributed by atoms with Crippen LogP contribution in [0.1, 0.15) is 18.1 Å². The van der Waals surface area contributed by atoms with Gasteiger partial charge in [0.15, 0.2) is 0 Å². The summed E-state index contributed by atoms with van der Waals surface area (Å²) in [5, 5.41) is 21.5. The molecule has 0 aliphatic heterocycles. The van der Waals surface area contributed by atoms with Crippen molar-refractivity contribution in [3.63, 3.8) is 0 Å². The number of esters is 1. The van der Waals surface area contributed by atoms with Crippen LogP contribution in [0.5, 0.6) is 0 Å². The topological polar surface area (TPSA) is 99.6 Å². The monoisotopic (exact) mass is 309 g/mol. The number of aromatic amines is 1. The molecule has 21 heavy (non-hydrogen) atoms. The van der Waals surface area contributed by atoms with Crippen molar-refractivity contribution in [2.45, 2.75) is 18.6 Å². The van der Waals surface area contributed by atoms with Crippen molar-refractivity contribution in [2.24, 2.45) is 0 Å². The normalized spacial score (nSPS) is 13.7. The zero-order valence-corrected chi connectivity index (χ0v) is 12.1. The summed E-state index contributed by atoms with van der Waals surface area (Å²) in [6, 6.07) is 6.72. The Morgan fingerprint density at radius 1 is 1.33 bits per heavy atom. The number of ether oxygens (including phenoxy) is 1. The molecule has 2 rings (SSSR count). The Morgan fingerprint density at radius 3 is 2.52 bits per heavy atom. The number of thiazole rings is 1. The van der Waals surface area contributed by atoms with Crippen molar-refractivity contribution in [2.75, 3.05) is 7.11 Å². The second-order valence-corrected chi connectivity index (χ2v) is 5.32. The van der Waals surface area contributed by atoms with Gasteiger partial charge in [0.2, 0.25) is 0 Å². The molecule has 0 aliphatic carbocycles. The van der Waals surface area contributed by atoms with Gasteiger partial charge in [-0.15, -0.1) is 0 Å².